The van der Waals surface area contributed by atoms with Crippen LogP contribution in [0.2, 0.25) is 0 Å². The Bertz CT molecular complexity index is 463. The summed E-state index contributed by atoms with van der Waals surface area (Å²) in [6, 6.07) is 8.92. The van der Waals surface area contributed by atoms with Crippen molar-refractivity contribution in [1.82, 2.24) is 9.97 Å². The molecule has 0 fully saturated rings. The molecule has 2 nitrogen and oxygen atoms in total. The summed E-state index contributed by atoms with van der Waals surface area (Å²) in [5, 5.41) is 0. The third kappa shape index (κ3) is 2.18. The standard InChI is InChI=1S/C11H7F3N2/c12-11(13,14)10-7-15-9(6-16-10)8-4-2-1-3-5-8/h1-7H. The van der Waals surface area contributed by atoms with Gasteiger partial charge in [-0.1, -0.05) is 30.3 Å². The van der Waals surface area contributed by atoms with Crippen molar-refractivity contribution in [2.75, 3.05) is 0 Å². The minimum Gasteiger partial charge on any atom is -0.252 e. The van der Waals surface area contributed by atoms with Crippen LogP contribution in [-0.2, 0) is 6.18 Å². The van der Waals surface area contributed by atoms with Crippen molar-refractivity contribution in [2.45, 2.75) is 6.18 Å². The molecular weight excluding hydrogens is 217 g/mol. The zero-order valence-electron chi connectivity index (χ0n) is 8.07. The van der Waals surface area contributed by atoms with E-state index in [1.54, 1.807) is 24.3 Å². The normalized spacial score (nSPS) is 11.4. The molecule has 0 radical (unpaired) electrons. The van der Waals surface area contributed by atoms with E-state index in [1.807, 2.05) is 6.07 Å². The second kappa shape index (κ2) is 3.92. The van der Waals surface area contributed by atoms with Gasteiger partial charge in [0.25, 0.3) is 0 Å². The van der Waals surface area contributed by atoms with E-state index in [0.29, 0.717) is 5.69 Å². The molecule has 5 heteroatoms. The summed E-state index contributed by atoms with van der Waals surface area (Å²) in [6.45, 7) is 0. The lowest BCUT2D eigenvalue weighted by molar-refractivity contribution is -0.141. The summed E-state index contributed by atoms with van der Waals surface area (Å²) in [7, 11) is 0. The maximum absolute atomic E-state index is 12.2. The first-order chi connectivity index (χ1) is 7.57. The van der Waals surface area contributed by atoms with Gasteiger partial charge in [0.1, 0.15) is 0 Å². The number of rotatable bonds is 1. The predicted molar refractivity (Wildman–Crippen MR) is 52.5 cm³/mol. The maximum Gasteiger partial charge on any atom is 0.434 e. The van der Waals surface area contributed by atoms with Gasteiger partial charge in [0.05, 0.1) is 18.1 Å². The fraction of sp³-hybridized carbons (Fsp3) is 0.0909. The van der Waals surface area contributed by atoms with E-state index in [9.17, 15) is 13.2 Å². The number of alkyl halides is 3. The van der Waals surface area contributed by atoms with Crippen molar-refractivity contribution < 1.29 is 13.2 Å². The lowest BCUT2D eigenvalue weighted by Gasteiger charge is -2.05. The topological polar surface area (TPSA) is 25.8 Å². The Labute approximate surface area is 89.8 Å². The summed E-state index contributed by atoms with van der Waals surface area (Å²) in [5.74, 6) is 0. The van der Waals surface area contributed by atoms with Gasteiger partial charge in [0.15, 0.2) is 5.69 Å². The van der Waals surface area contributed by atoms with Crippen LogP contribution in [0.15, 0.2) is 42.7 Å². The minimum atomic E-state index is -4.44. The Morgan fingerprint density at radius 1 is 0.875 bits per heavy atom. The van der Waals surface area contributed by atoms with E-state index < -0.39 is 11.9 Å². The Morgan fingerprint density at radius 2 is 1.56 bits per heavy atom. The first kappa shape index (κ1) is 10.6. The second-order valence-corrected chi connectivity index (χ2v) is 3.15. The molecule has 0 unspecified atom stereocenters. The molecule has 1 aromatic carbocycles. The van der Waals surface area contributed by atoms with Crippen LogP contribution in [-0.4, -0.2) is 9.97 Å². The number of aromatic nitrogens is 2. The summed E-state index contributed by atoms with van der Waals surface area (Å²) >= 11 is 0. The molecule has 0 spiro atoms. The highest BCUT2D eigenvalue weighted by atomic mass is 19.4. The van der Waals surface area contributed by atoms with Gasteiger partial charge in [0.2, 0.25) is 0 Å². The molecule has 2 rings (SSSR count). The number of nitrogens with zero attached hydrogens (tertiary/aromatic N) is 2. The Balaban J connectivity index is 2.34. The van der Waals surface area contributed by atoms with Crippen molar-refractivity contribution in [2.24, 2.45) is 0 Å². The molecule has 1 heterocycles. The molecule has 0 amide bonds. The Kier molecular flexibility index (Phi) is 2.60. The van der Waals surface area contributed by atoms with Crippen molar-refractivity contribution in [3.8, 4) is 11.3 Å². The lowest BCUT2D eigenvalue weighted by atomic mass is 10.2. The van der Waals surface area contributed by atoms with E-state index in [4.69, 9.17) is 0 Å². The monoisotopic (exact) mass is 224 g/mol. The number of hydrogen-bond acceptors (Lipinski definition) is 2. The third-order valence-electron chi connectivity index (χ3n) is 2.01. The highest BCUT2D eigenvalue weighted by Gasteiger charge is 2.32. The van der Waals surface area contributed by atoms with Crippen LogP contribution in [0.1, 0.15) is 5.69 Å². The van der Waals surface area contributed by atoms with E-state index in [2.05, 4.69) is 9.97 Å². The van der Waals surface area contributed by atoms with Crippen LogP contribution in [0.5, 0.6) is 0 Å². The first-order valence-corrected chi connectivity index (χ1v) is 4.52. The molecule has 0 bridgehead atoms. The summed E-state index contributed by atoms with van der Waals surface area (Å²) in [6.07, 6.45) is -2.58. The smallest absolute Gasteiger partial charge is 0.252 e. The lowest BCUT2D eigenvalue weighted by Crippen LogP contribution is -2.08. The molecule has 0 saturated carbocycles. The zero-order chi connectivity index (χ0) is 11.6. The highest BCUT2D eigenvalue weighted by molar-refractivity contribution is 5.57. The summed E-state index contributed by atoms with van der Waals surface area (Å²) in [5.41, 5.74) is 0.185. The van der Waals surface area contributed by atoms with Crippen molar-refractivity contribution in [3.63, 3.8) is 0 Å². The fourth-order valence-electron chi connectivity index (χ4n) is 1.23. The van der Waals surface area contributed by atoms with Crippen molar-refractivity contribution in [1.29, 1.82) is 0 Å². The molecule has 0 aliphatic rings. The van der Waals surface area contributed by atoms with Crippen LogP contribution >= 0.6 is 0 Å². The molecule has 2 aromatic rings. The quantitative estimate of drug-likeness (QED) is 0.743. The predicted octanol–water partition coefficient (Wildman–Crippen LogP) is 3.16. The Morgan fingerprint density at radius 3 is 2.06 bits per heavy atom. The molecule has 82 valence electrons. The fourth-order valence-corrected chi connectivity index (χ4v) is 1.23. The minimum absolute atomic E-state index is 0.425. The first-order valence-electron chi connectivity index (χ1n) is 4.52. The van der Waals surface area contributed by atoms with E-state index in [-0.39, 0.29) is 0 Å². The molecule has 0 saturated heterocycles. The molecule has 0 aliphatic heterocycles. The van der Waals surface area contributed by atoms with Crippen LogP contribution in [0, 0.1) is 0 Å². The van der Waals surface area contributed by atoms with E-state index in [0.717, 1.165) is 18.0 Å². The molecule has 1 aromatic heterocycles. The molecule has 0 aliphatic carbocycles. The van der Waals surface area contributed by atoms with Gasteiger partial charge < -0.3 is 0 Å². The van der Waals surface area contributed by atoms with Crippen LogP contribution in [0.25, 0.3) is 11.3 Å². The van der Waals surface area contributed by atoms with Gasteiger partial charge in [-0.15, -0.1) is 0 Å². The van der Waals surface area contributed by atoms with Gasteiger partial charge in [-0.2, -0.15) is 13.2 Å². The van der Waals surface area contributed by atoms with E-state index >= 15 is 0 Å². The number of hydrogen-bond donors (Lipinski definition) is 0. The van der Waals surface area contributed by atoms with Crippen LogP contribution < -0.4 is 0 Å². The van der Waals surface area contributed by atoms with Gasteiger partial charge in [-0.25, -0.2) is 4.98 Å². The van der Waals surface area contributed by atoms with E-state index in [1.165, 1.54) is 0 Å². The second-order valence-electron chi connectivity index (χ2n) is 3.15. The molecule has 0 atom stereocenters. The SMILES string of the molecule is FC(F)(F)c1cnc(-c2ccccc2)cn1. The van der Waals surface area contributed by atoms with Crippen molar-refractivity contribution in [3.05, 3.63) is 48.4 Å². The highest BCUT2D eigenvalue weighted by Crippen LogP contribution is 2.27. The van der Waals surface area contributed by atoms with Gasteiger partial charge in [0, 0.05) is 5.56 Å². The average Bonchev–Trinajstić information content (AvgIpc) is 2.29. The molecule has 0 N–H and O–H groups in total. The average molecular weight is 224 g/mol. The molecular formula is C11H7F3N2. The number of halogens is 3. The van der Waals surface area contributed by atoms with Gasteiger partial charge in [-0.3, -0.25) is 4.98 Å². The molecule has 16 heavy (non-hydrogen) atoms. The third-order valence-corrected chi connectivity index (χ3v) is 2.01. The zero-order valence-corrected chi connectivity index (χ0v) is 8.07. The Hall–Kier alpha value is -1.91. The largest absolute Gasteiger partial charge is 0.434 e. The van der Waals surface area contributed by atoms with Crippen LogP contribution in [0.3, 0.4) is 0 Å². The van der Waals surface area contributed by atoms with Crippen molar-refractivity contribution >= 4 is 0 Å². The number of benzene rings is 1. The van der Waals surface area contributed by atoms with Gasteiger partial charge >= 0.3 is 6.18 Å². The maximum atomic E-state index is 12.2. The van der Waals surface area contributed by atoms with Gasteiger partial charge in [-0.05, 0) is 0 Å². The summed E-state index contributed by atoms with van der Waals surface area (Å²) in [4.78, 5) is 7.07. The van der Waals surface area contributed by atoms with Crippen LogP contribution in [0.4, 0.5) is 13.2 Å². The summed E-state index contributed by atoms with van der Waals surface area (Å²) < 4.78 is 36.7.